The van der Waals surface area contributed by atoms with Crippen LogP contribution in [0.15, 0.2) is 11.4 Å². The van der Waals surface area contributed by atoms with Crippen molar-refractivity contribution in [2.75, 3.05) is 6.54 Å². The van der Waals surface area contributed by atoms with E-state index < -0.39 is 0 Å². The van der Waals surface area contributed by atoms with E-state index in [-0.39, 0.29) is 0 Å². The predicted molar refractivity (Wildman–Crippen MR) is 69.5 cm³/mol. The molecule has 1 aromatic heterocycles. The Labute approximate surface area is 97.9 Å². The average Bonchev–Trinajstić information content (AvgIpc) is 2.63. The summed E-state index contributed by atoms with van der Waals surface area (Å²) in [5.41, 5.74) is 1.44. The summed E-state index contributed by atoms with van der Waals surface area (Å²) >= 11 is 1.89. The molecule has 0 aliphatic carbocycles. The molecule has 86 valence electrons. The molecule has 2 atom stereocenters. The van der Waals surface area contributed by atoms with Crippen LogP contribution in [0.4, 0.5) is 0 Å². The molecule has 0 saturated carbocycles. The van der Waals surface area contributed by atoms with Crippen molar-refractivity contribution in [2.24, 2.45) is 5.92 Å². The van der Waals surface area contributed by atoms with E-state index in [9.17, 15) is 0 Å². The minimum Gasteiger partial charge on any atom is -0.310 e. The molecule has 0 saturated heterocycles. The fourth-order valence-corrected chi connectivity index (χ4v) is 2.86. The van der Waals surface area contributed by atoms with Gasteiger partial charge in [0, 0.05) is 10.9 Å². The molecule has 0 amide bonds. The van der Waals surface area contributed by atoms with Crippen LogP contribution in [0.25, 0.3) is 0 Å². The van der Waals surface area contributed by atoms with Crippen molar-refractivity contribution in [1.82, 2.24) is 5.32 Å². The largest absolute Gasteiger partial charge is 0.310 e. The normalized spacial score (nSPS) is 15.2. The molecule has 1 aromatic rings. The molecular weight excluding hydrogens is 202 g/mol. The topological polar surface area (TPSA) is 12.0 Å². The highest BCUT2D eigenvalue weighted by Gasteiger charge is 2.16. The lowest BCUT2D eigenvalue weighted by Crippen LogP contribution is -2.22. The number of aryl methyl sites for hydroxylation is 1. The van der Waals surface area contributed by atoms with Crippen LogP contribution in [0.3, 0.4) is 0 Å². The van der Waals surface area contributed by atoms with Gasteiger partial charge in [-0.1, -0.05) is 27.2 Å². The lowest BCUT2D eigenvalue weighted by molar-refractivity contribution is 0.411. The van der Waals surface area contributed by atoms with Crippen molar-refractivity contribution >= 4 is 11.3 Å². The van der Waals surface area contributed by atoms with Crippen molar-refractivity contribution in [3.05, 3.63) is 21.9 Å². The Hall–Kier alpha value is -0.340. The molecular formula is C13H23NS. The SMILES string of the molecule is CCNC(CC(C)CC)c1sccc1C. The lowest BCUT2D eigenvalue weighted by Gasteiger charge is -2.21. The maximum atomic E-state index is 3.60. The van der Waals surface area contributed by atoms with Gasteiger partial charge in [0.05, 0.1) is 0 Å². The summed E-state index contributed by atoms with van der Waals surface area (Å²) in [4.78, 5) is 1.53. The molecule has 15 heavy (non-hydrogen) atoms. The third kappa shape index (κ3) is 3.62. The third-order valence-electron chi connectivity index (χ3n) is 3.00. The van der Waals surface area contributed by atoms with Crippen molar-refractivity contribution in [3.63, 3.8) is 0 Å². The number of thiophene rings is 1. The molecule has 1 nitrogen and oxygen atoms in total. The first kappa shape index (κ1) is 12.7. The van der Waals surface area contributed by atoms with Crippen molar-refractivity contribution in [3.8, 4) is 0 Å². The van der Waals surface area contributed by atoms with Crippen molar-refractivity contribution < 1.29 is 0 Å². The Bertz CT molecular complexity index is 280. The summed E-state index contributed by atoms with van der Waals surface area (Å²) in [6.07, 6.45) is 2.53. The average molecular weight is 225 g/mol. The maximum absolute atomic E-state index is 3.60. The smallest absolute Gasteiger partial charge is 0.0419 e. The fourth-order valence-electron chi connectivity index (χ4n) is 1.84. The maximum Gasteiger partial charge on any atom is 0.0419 e. The molecule has 0 spiro atoms. The molecule has 1 N–H and O–H groups in total. The minimum absolute atomic E-state index is 0.560. The van der Waals surface area contributed by atoms with Crippen LogP contribution in [0.1, 0.15) is 50.1 Å². The van der Waals surface area contributed by atoms with Crippen LogP contribution in [0.2, 0.25) is 0 Å². The van der Waals surface area contributed by atoms with Crippen LogP contribution >= 0.6 is 11.3 Å². The molecule has 1 rings (SSSR count). The highest BCUT2D eigenvalue weighted by atomic mass is 32.1. The molecule has 0 bridgehead atoms. The van der Waals surface area contributed by atoms with Gasteiger partial charge < -0.3 is 5.32 Å². The highest BCUT2D eigenvalue weighted by molar-refractivity contribution is 7.10. The standard InChI is InChI=1S/C13H23NS/c1-5-10(3)9-12(14-6-2)13-11(4)7-8-15-13/h7-8,10,12,14H,5-6,9H2,1-4H3. The van der Waals surface area contributed by atoms with Gasteiger partial charge in [-0.15, -0.1) is 11.3 Å². The van der Waals surface area contributed by atoms with Crippen LogP contribution in [-0.4, -0.2) is 6.54 Å². The van der Waals surface area contributed by atoms with Gasteiger partial charge in [0.15, 0.2) is 0 Å². The van der Waals surface area contributed by atoms with Crippen LogP contribution in [0, 0.1) is 12.8 Å². The first-order chi connectivity index (χ1) is 7.19. The fraction of sp³-hybridized carbons (Fsp3) is 0.692. The van der Waals surface area contributed by atoms with Gasteiger partial charge in [-0.05, 0) is 42.8 Å². The molecule has 0 radical (unpaired) electrons. The zero-order valence-corrected chi connectivity index (χ0v) is 11.2. The first-order valence-corrected chi connectivity index (χ1v) is 6.84. The van der Waals surface area contributed by atoms with Gasteiger partial charge in [0.2, 0.25) is 0 Å². The minimum atomic E-state index is 0.560. The van der Waals surface area contributed by atoms with E-state index in [2.05, 4.69) is 44.5 Å². The van der Waals surface area contributed by atoms with Crippen molar-refractivity contribution in [1.29, 1.82) is 0 Å². The van der Waals surface area contributed by atoms with Gasteiger partial charge in [-0.25, -0.2) is 0 Å². The molecule has 0 fully saturated rings. The van der Waals surface area contributed by atoms with Gasteiger partial charge >= 0.3 is 0 Å². The van der Waals surface area contributed by atoms with Gasteiger partial charge in [-0.2, -0.15) is 0 Å². The third-order valence-corrected chi connectivity index (χ3v) is 4.14. The molecule has 2 unspecified atom stereocenters. The molecule has 2 heteroatoms. The van der Waals surface area contributed by atoms with E-state index in [0.717, 1.165) is 12.5 Å². The second kappa shape index (κ2) is 6.29. The number of rotatable bonds is 6. The summed E-state index contributed by atoms with van der Waals surface area (Å²) < 4.78 is 0. The summed E-state index contributed by atoms with van der Waals surface area (Å²) in [5, 5.41) is 5.80. The number of nitrogens with one attached hydrogen (secondary N) is 1. The molecule has 1 heterocycles. The summed E-state index contributed by atoms with van der Waals surface area (Å²) in [6, 6.07) is 2.78. The van der Waals surface area contributed by atoms with Crippen molar-refractivity contribution in [2.45, 2.75) is 46.6 Å². The zero-order valence-electron chi connectivity index (χ0n) is 10.3. The predicted octanol–water partition coefficient (Wildman–Crippen LogP) is 4.14. The van der Waals surface area contributed by atoms with E-state index in [1.54, 1.807) is 0 Å². The quantitative estimate of drug-likeness (QED) is 0.767. The Balaban J connectivity index is 2.69. The van der Waals surface area contributed by atoms with Crippen LogP contribution in [0.5, 0.6) is 0 Å². The number of hydrogen-bond donors (Lipinski definition) is 1. The molecule has 0 aromatic carbocycles. The second-order valence-electron chi connectivity index (χ2n) is 4.33. The van der Waals surface area contributed by atoms with Gasteiger partial charge in [0.1, 0.15) is 0 Å². The van der Waals surface area contributed by atoms with E-state index in [0.29, 0.717) is 6.04 Å². The van der Waals surface area contributed by atoms with E-state index in [1.807, 2.05) is 11.3 Å². The van der Waals surface area contributed by atoms with E-state index in [1.165, 1.54) is 23.3 Å². The van der Waals surface area contributed by atoms with Crippen LogP contribution < -0.4 is 5.32 Å². The number of hydrogen-bond acceptors (Lipinski definition) is 2. The second-order valence-corrected chi connectivity index (χ2v) is 5.27. The Morgan fingerprint density at radius 3 is 2.60 bits per heavy atom. The summed E-state index contributed by atoms with van der Waals surface area (Å²) in [6.45, 7) is 10.1. The zero-order chi connectivity index (χ0) is 11.3. The molecule has 0 aliphatic heterocycles. The molecule has 0 aliphatic rings. The Morgan fingerprint density at radius 2 is 2.13 bits per heavy atom. The first-order valence-electron chi connectivity index (χ1n) is 5.96. The highest BCUT2D eigenvalue weighted by Crippen LogP contribution is 2.29. The van der Waals surface area contributed by atoms with Crippen LogP contribution in [-0.2, 0) is 0 Å². The van der Waals surface area contributed by atoms with Gasteiger partial charge in [0.25, 0.3) is 0 Å². The van der Waals surface area contributed by atoms with E-state index >= 15 is 0 Å². The Kier molecular flexibility index (Phi) is 5.34. The summed E-state index contributed by atoms with van der Waals surface area (Å²) in [5.74, 6) is 0.801. The van der Waals surface area contributed by atoms with E-state index in [4.69, 9.17) is 0 Å². The monoisotopic (exact) mass is 225 g/mol. The lowest BCUT2D eigenvalue weighted by atomic mass is 9.97. The summed E-state index contributed by atoms with van der Waals surface area (Å²) in [7, 11) is 0. The Morgan fingerprint density at radius 1 is 1.40 bits per heavy atom. The van der Waals surface area contributed by atoms with Gasteiger partial charge in [-0.3, -0.25) is 0 Å².